The first-order valence-corrected chi connectivity index (χ1v) is 8.89. The SMILES string of the molecule is COCCN=C(NCCc1ccco1)N(C)Cc1ccc(OC)cc1OC. The molecule has 27 heavy (non-hydrogen) atoms. The van der Waals surface area contributed by atoms with E-state index < -0.39 is 0 Å². The molecule has 0 radical (unpaired) electrons. The second-order valence-corrected chi connectivity index (χ2v) is 5.99. The van der Waals surface area contributed by atoms with E-state index in [4.69, 9.17) is 18.6 Å². The van der Waals surface area contributed by atoms with E-state index >= 15 is 0 Å². The Balaban J connectivity index is 2.03. The van der Waals surface area contributed by atoms with Gasteiger partial charge in [0.25, 0.3) is 0 Å². The van der Waals surface area contributed by atoms with Crippen molar-refractivity contribution in [3.8, 4) is 11.5 Å². The van der Waals surface area contributed by atoms with Crippen LogP contribution in [0.4, 0.5) is 0 Å². The molecule has 7 nitrogen and oxygen atoms in total. The maximum atomic E-state index is 5.50. The molecule has 7 heteroatoms. The second-order valence-electron chi connectivity index (χ2n) is 5.99. The highest BCUT2D eigenvalue weighted by atomic mass is 16.5. The van der Waals surface area contributed by atoms with Gasteiger partial charge in [0.05, 0.1) is 33.6 Å². The van der Waals surface area contributed by atoms with Crippen LogP contribution in [-0.2, 0) is 17.7 Å². The Labute approximate surface area is 160 Å². The highest BCUT2D eigenvalue weighted by Crippen LogP contribution is 2.25. The molecule has 0 saturated heterocycles. The van der Waals surface area contributed by atoms with Crippen molar-refractivity contribution in [3.05, 3.63) is 47.9 Å². The van der Waals surface area contributed by atoms with Crippen LogP contribution in [0.25, 0.3) is 0 Å². The summed E-state index contributed by atoms with van der Waals surface area (Å²) in [5.74, 6) is 3.30. The Morgan fingerprint density at radius 1 is 1.19 bits per heavy atom. The first-order chi connectivity index (χ1) is 13.2. The highest BCUT2D eigenvalue weighted by Gasteiger charge is 2.12. The van der Waals surface area contributed by atoms with Gasteiger partial charge in [-0.2, -0.15) is 0 Å². The number of guanidine groups is 1. The molecule has 2 rings (SSSR count). The van der Waals surface area contributed by atoms with Crippen molar-refractivity contribution in [3.63, 3.8) is 0 Å². The molecule has 1 N–H and O–H groups in total. The lowest BCUT2D eigenvalue weighted by Crippen LogP contribution is -2.39. The van der Waals surface area contributed by atoms with Gasteiger partial charge in [-0.15, -0.1) is 0 Å². The molecule has 148 valence electrons. The number of methoxy groups -OCH3 is 3. The molecule has 0 saturated carbocycles. The van der Waals surface area contributed by atoms with Gasteiger partial charge in [-0.25, -0.2) is 0 Å². The number of rotatable bonds is 10. The largest absolute Gasteiger partial charge is 0.497 e. The summed E-state index contributed by atoms with van der Waals surface area (Å²) >= 11 is 0. The molecule has 0 bridgehead atoms. The van der Waals surface area contributed by atoms with E-state index in [9.17, 15) is 0 Å². The lowest BCUT2D eigenvalue weighted by atomic mass is 10.2. The van der Waals surface area contributed by atoms with E-state index in [0.29, 0.717) is 19.7 Å². The Hall–Kier alpha value is -2.67. The topological polar surface area (TPSA) is 68.5 Å². The van der Waals surface area contributed by atoms with Gasteiger partial charge in [-0.3, -0.25) is 4.99 Å². The number of aliphatic imine (C=N–C) groups is 1. The second kappa shape index (κ2) is 11.1. The summed E-state index contributed by atoms with van der Waals surface area (Å²) < 4.78 is 21.3. The van der Waals surface area contributed by atoms with E-state index in [1.165, 1.54) is 0 Å². The predicted octanol–water partition coefficient (Wildman–Crippen LogP) is 2.56. The van der Waals surface area contributed by atoms with Crippen LogP contribution in [0, 0.1) is 0 Å². The molecule has 2 aromatic rings. The minimum Gasteiger partial charge on any atom is -0.497 e. The van der Waals surface area contributed by atoms with Gasteiger partial charge in [0.15, 0.2) is 5.96 Å². The van der Waals surface area contributed by atoms with E-state index in [-0.39, 0.29) is 0 Å². The molecule has 0 aliphatic rings. The molecule has 1 heterocycles. The van der Waals surface area contributed by atoms with Crippen LogP contribution < -0.4 is 14.8 Å². The zero-order valence-corrected chi connectivity index (χ0v) is 16.5. The molecule has 1 aromatic heterocycles. The molecule has 1 aromatic carbocycles. The summed E-state index contributed by atoms with van der Waals surface area (Å²) in [6.45, 7) is 2.53. The molecule has 0 unspecified atom stereocenters. The number of ether oxygens (including phenoxy) is 3. The lowest BCUT2D eigenvalue weighted by molar-refractivity contribution is 0.207. The molecule has 0 aliphatic heterocycles. The van der Waals surface area contributed by atoms with Crippen LogP contribution in [0.3, 0.4) is 0 Å². The Morgan fingerprint density at radius 3 is 2.70 bits per heavy atom. The number of hydrogen-bond donors (Lipinski definition) is 1. The van der Waals surface area contributed by atoms with Gasteiger partial charge in [-0.1, -0.05) is 0 Å². The summed E-state index contributed by atoms with van der Waals surface area (Å²) in [4.78, 5) is 6.69. The first-order valence-electron chi connectivity index (χ1n) is 8.89. The zero-order valence-electron chi connectivity index (χ0n) is 16.5. The monoisotopic (exact) mass is 375 g/mol. The van der Waals surface area contributed by atoms with Crippen molar-refractivity contribution in [1.82, 2.24) is 10.2 Å². The molecule has 0 atom stereocenters. The fraction of sp³-hybridized carbons (Fsp3) is 0.450. The third kappa shape index (κ3) is 6.53. The van der Waals surface area contributed by atoms with Gasteiger partial charge >= 0.3 is 0 Å². The Bertz CT molecular complexity index is 701. The molecular weight excluding hydrogens is 346 g/mol. The fourth-order valence-electron chi connectivity index (χ4n) is 2.62. The molecule has 0 fully saturated rings. The van der Waals surface area contributed by atoms with Crippen LogP contribution in [0.1, 0.15) is 11.3 Å². The van der Waals surface area contributed by atoms with Crippen molar-refractivity contribution in [2.75, 3.05) is 48.1 Å². The van der Waals surface area contributed by atoms with Crippen molar-refractivity contribution in [1.29, 1.82) is 0 Å². The zero-order chi connectivity index (χ0) is 19.5. The van der Waals surface area contributed by atoms with Gasteiger partial charge in [0, 0.05) is 45.3 Å². The number of furan rings is 1. The summed E-state index contributed by atoms with van der Waals surface area (Å²) in [7, 11) is 6.97. The summed E-state index contributed by atoms with van der Waals surface area (Å²) in [6.07, 6.45) is 2.47. The number of hydrogen-bond acceptors (Lipinski definition) is 5. The average molecular weight is 375 g/mol. The highest BCUT2D eigenvalue weighted by molar-refractivity contribution is 5.79. The molecule has 0 aliphatic carbocycles. The third-order valence-corrected chi connectivity index (χ3v) is 4.05. The summed E-state index contributed by atoms with van der Waals surface area (Å²) in [6, 6.07) is 9.68. The molecule has 0 amide bonds. The molecule has 0 spiro atoms. The maximum absolute atomic E-state index is 5.50. The van der Waals surface area contributed by atoms with Gasteiger partial charge in [0.2, 0.25) is 0 Å². The van der Waals surface area contributed by atoms with E-state index in [2.05, 4.69) is 15.2 Å². The Morgan fingerprint density at radius 2 is 2.04 bits per heavy atom. The van der Waals surface area contributed by atoms with E-state index in [1.807, 2.05) is 37.4 Å². The Kier molecular flexibility index (Phi) is 8.51. The summed E-state index contributed by atoms with van der Waals surface area (Å²) in [5, 5.41) is 3.39. The summed E-state index contributed by atoms with van der Waals surface area (Å²) in [5.41, 5.74) is 1.05. The van der Waals surface area contributed by atoms with Crippen LogP contribution in [0.15, 0.2) is 46.0 Å². The van der Waals surface area contributed by atoms with Crippen LogP contribution in [0.5, 0.6) is 11.5 Å². The van der Waals surface area contributed by atoms with Crippen molar-refractivity contribution < 1.29 is 18.6 Å². The van der Waals surface area contributed by atoms with E-state index in [1.54, 1.807) is 27.6 Å². The number of nitrogens with zero attached hydrogens (tertiary/aromatic N) is 2. The third-order valence-electron chi connectivity index (χ3n) is 4.05. The minimum absolute atomic E-state index is 0.572. The van der Waals surface area contributed by atoms with Gasteiger partial charge in [-0.05, 0) is 24.3 Å². The number of benzene rings is 1. The first kappa shape index (κ1) is 20.6. The van der Waals surface area contributed by atoms with Gasteiger partial charge in [0.1, 0.15) is 17.3 Å². The normalized spacial score (nSPS) is 11.3. The maximum Gasteiger partial charge on any atom is 0.194 e. The lowest BCUT2D eigenvalue weighted by Gasteiger charge is -2.23. The van der Waals surface area contributed by atoms with E-state index in [0.717, 1.165) is 41.7 Å². The van der Waals surface area contributed by atoms with Crippen LogP contribution in [-0.4, -0.2) is 58.9 Å². The number of nitrogens with one attached hydrogen (secondary N) is 1. The van der Waals surface area contributed by atoms with Crippen molar-refractivity contribution in [2.24, 2.45) is 4.99 Å². The van der Waals surface area contributed by atoms with Crippen molar-refractivity contribution >= 4 is 5.96 Å². The van der Waals surface area contributed by atoms with Crippen molar-refractivity contribution in [2.45, 2.75) is 13.0 Å². The fourth-order valence-corrected chi connectivity index (χ4v) is 2.62. The molecular formula is C20H29N3O4. The minimum atomic E-state index is 0.572. The van der Waals surface area contributed by atoms with Crippen LogP contribution >= 0.6 is 0 Å². The van der Waals surface area contributed by atoms with Crippen LogP contribution in [0.2, 0.25) is 0 Å². The smallest absolute Gasteiger partial charge is 0.194 e. The quantitative estimate of drug-likeness (QED) is 0.391. The van der Waals surface area contributed by atoms with Gasteiger partial charge < -0.3 is 28.8 Å². The average Bonchev–Trinajstić information content (AvgIpc) is 3.20. The predicted molar refractivity (Wildman–Crippen MR) is 106 cm³/mol. The standard InChI is InChI=1S/C20H29N3O4/c1-23(15-16-7-8-18(25-3)14-19(16)26-4)20(22-11-13-24-2)21-10-9-17-6-5-12-27-17/h5-8,12,14H,9-11,13,15H2,1-4H3,(H,21,22).